The van der Waals surface area contributed by atoms with Gasteiger partial charge in [0.1, 0.15) is 6.10 Å². The van der Waals surface area contributed by atoms with E-state index in [-0.39, 0.29) is 11.9 Å². The molecule has 2 heterocycles. The minimum absolute atomic E-state index is 0.00113. The maximum Gasteiger partial charge on any atom is 0.163 e. The lowest BCUT2D eigenvalue weighted by Gasteiger charge is -2.31. The van der Waals surface area contributed by atoms with Gasteiger partial charge in [0.15, 0.2) is 11.6 Å². The van der Waals surface area contributed by atoms with E-state index in [1.807, 2.05) is 6.92 Å². The van der Waals surface area contributed by atoms with Crippen molar-refractivity contribution in [3.8, 4) is 0 Å². The number of aryl methyl sites for hydroxylation is 1. The number of hydrogen-bond acceptors (Lipinski definition) is 5. The summed E-state index contributed by atoms with van der Waals surface area (Å²) in [5, 5.41) is 0. The third kappa shape index (κ3) is 3.36. The van der Waals surface area contributed by atoms with Crippen LogP contribution in [0.15, 0.2) is 6.20 Å². The second-order valence-electron chi connectivity index (χ2n) is 4.94. The molecular weight excluding hydrogens is 242 g/mol. The molecule has 0 saturated carbocycles. The molecule has 0 spiro atoms. The second kappa shape index (κ2) is 6.21. The molecule has 1 aliphatic rings. The Morgan fingerprint density at radius 2 is 2.37 bits per heavy atom. The number of rotatable bonds is 4. The highest BCUT2D eigenvalue weighted by atomic mass is 16.5. The molecule has 0 bridgehead atoms. The predicted molar refractivity (Wildman–Crippen MR) is 72.2 cm³/mol. The number of carbonyl (C=O) groups excluding carboxylic acids is 1. The van der Waals surface area contributed by atoms with Crippen molar-refractivity contribution in [1.82, 2.24) is 14.9 Å². The van der Waals surface area contributed by atoms with E-state index in [1.54, 1.807) is 6.20 Å². The Kier molecular flexibility index (Phi) is 4.61. The number of nitrogens with zero attached hydrogens (tertiary/aromatic N) is 3. The van der Waals surface area contributed by atoms with Crippen LogP contribution in [-0.2, 0) is 4.74 Å². The third-order valence-corrected chi connectivity index (χ3v) is 3.36. The van der Waals surface area contributed by atoms with Gasteiger partial charge < -0.3 is 4.74 Å². The molecule has 1 fully saturated rings. The lowest BCUT2D eigenvalue weighted by Crippen LogP contribution is -2.39. The number of ether oxygens (including phenoxy) is 1. The Labute approximate surface area is 114 Å². The van der Waals surface area contributed by atoms with Crippen LogP contribution in [0.25, 0.3) is 0 Å². The summed E-state index contributed by atoms with van der Waals surface area (Å²) in [4.78, 5) is 22.5. The van der Waals surface area contributed by atoms with Gasteiger partial charge in [0.2, 0.25) is 0 Å². The fourth-order valence-corrected chi connectivity index (χ4v) is 2.36. The van der Waals surface area contributed by atoms with Gasteiger partial charge in [0.25, 0.3) is 0 Å². The first kappa shape index (κ1) is 14.1. The van der Waals surface area contributed by atoms with Crippen LogP contribution in [-0.4, -0.2) is 46.9 Å². The van der Waals surface area contributed by atoms with Crippen LogP contribution in [0.2, 0.25) is 0 Å². The van der Waals surface area contributed by atoms with Crippen molar-refractivity contribution in [2.75, 3.05) is 26.2 Å². The number of carbonyl (C=O) groups is 1. The summed E-state index contributed by atoms with van der Waals surface area (Å²) >= 11 is 0. The van der Waals surface area contributed by atoms with Gasteiger partial charge in [0, 0.05) is 19.3 Å². The Hall–Kier alpha value is -1.33. The molecular formula is C14H21N3O2. The molecule has 104 valence electrons. The van der Waals surface area contributed by atoms with Crippen LogP contribution in [0.1, 0.15) is 48.2 Å². The van der Waals surface area contributed by atoms with Crippen molar-refractivity contribution in [1.29, 1.82) is 0 Å². The van der Waals surface area contributed by atoms with Crippen LogP contribution < -0.4 is 0 Å². The molecule has 5 nitrogen and oxygen atoms in total. The van der Waals surface area contributed by atoms with E-state index in [9.17, 15) is 4.79 Å². The highest BCUT2D eigenvalue weighted by molar-refractivity contribution is 5.94. The molecule has 2 rings (SSSR count). The van der Waals surface area contributed by atoms with E-state index in [0.29, 0.717) is 18.0 Å². The van der Waals surface area contributed by atoms with Gasteiger partial charge >= 0.3 is 0 Å². The first-order valence-corrected chi connectivity index (χ1v) is 6.80. The zero-order valence-electron chi connectivity index (χ0n) is 11.8. The Bertz CT molecular complexity index is 460. The molecule has 0 N–H and O–H groups in total. The molecule has 1 aromatic heterocycles. The molecule has 0 radical (unpaired) electrons. The number of hydrogen-bond donors (Lipinski definition) is 0. The van der Waals surface area contributed by atoms with E-state index >= 15 is 0 Å². The van der Waals surface area contributed by atoms with Gasteiger partial charge in [-0.15, -0.1) is 0 Å². The monoisotopic (exact) mass is 263 g/mol. The first-order chi connectivity index (χ1) is 9.11. The van der Waals surface area contributed by atoms with Crippen LogP contribution in [0.4, 0.5) is 0 Å². The van der Waals surface area contributed by atoms with Gasteiger partial charge in [-0.05, 0) is 26.8 Å². The SMILES string of the molecule is CCCN1CCOC(c2ncc(C(C)=O)c(C)n2)C1. The number of morpholine rings is 1. The molecule has 1 aromatic rings. The molecule has 0 aromatic carbocycles. The van der Waals surface area contributed by atoms with Crippen molar-refractivity contribution < 1.29 is 9.53 Å². The molecule has 19 heavy (non-hydrogen) atoms. The maximum absolute atomic E-state index is 11.4. The van der Waals surface area contributed by atoms with Crippen molar-refractivity contribution >= 4 is 5.78 Å². The first-order valence-electron chi connectivity index (χ1n) is 6.80. The molecule has 1 aliphatic heterocycles. The number of Topliss-reactive ketones (excluding diaryl/α,β-unsaturated/α-hetero) is 1. The maximum atomic E-state index is 11.4. The average molecular weight is 263 g/mol. The van der Waals surface area contributed by atoms with Crippen LogP contribution in [0, 0.1) is 6.92 Å². The standard InChI is InChI=1S/C14H21N3O2/c1-4-5-17-6-7-19-13(9-17)14-15-8-12(11(3)18)10(2)16-14/h8,13H,4-7,9H2,1-3H3. The molecule has 1 atom stereocenters. The van der Waals surface area contributed by atoms with Crippen molar-refractivity contribution in [2.24, 2.45) is 0 Å². The minimum Gasteiger partial charge on any atom is -0.368 e. The van der Waals surface area contributed by atoms with Crippen molar-refractivity contribution in [2.45, 2.75) is 33.3 Å². The summed E-state index contributed by atoms with van der Waals surface area (Å²) in [6.45, 7) is 9.13. The lowest BCUT2D eigenvalue weighted by molar-refractivity contribution is -0.0343. The van der Waals surface area contributed by atoms with Crippen LogP contribution in [0.3, 0.4) is 0 Å². The summed E-state index contributed by atoms with van der Waals surface area (Å²) < 4.78 is 5.74. The van der Waals surface area contributed by atoms with E-state index in [2.05, 4.69) is 21.8 Å². The van der Waals surface area contributed by atoms with E-state index in [1.165, 1.54) is 6.92 Å². The zero-order chi connectivity index (χ0) is 13.8. The molecule has 0 amide bonds. The Balaban J connectivity index is 2.13. The Morgan fingerprint density at radius 1 is 1.58 bits per heavy atom. The van der Waals surface area contributed by atoms with Crippen molar-refractivity contribution in [3.63, 3.8) is 0 Å². The molecule has 5 heteroatoms. The van der Waals surface area contributed by atoms with Gasteiger partial charge in [-0.1, -0.05) is 6.92 Å². The van der Waals surface area contributed by atoms with Crippen LogP contribution in [0.5, 0.6) is 0 Å². The van der Waals surface area contributed by atoms with E-state index < -0.39 is 0 Å². The van der Waals surface area contributed by atoms with Crippen LogP contribution >= 0.6 is 0 Å². The van der Waals surface area contributed by atoms with Crippen molar-refractivity contribution in [3.05, 3.63) is 23.3 Å². The highest BCUT2D eigenvalue weighted by Gasteiger charge is 2.24. The summed E-state index contributed by atoms with van der Waals surface area (Å²) in [6.07, 6.45) is 2.66. The third-order valence-electron chi connectivity index (χ3n) is 3.36. The normalized spacial score (nSPS) is 20.5. The van der Waals surface area contributed by atoms with E-state index in [0.717, 1.165) is 31.7 Å². The molecule has 0 aliphatic carbocycles. The van der Waals surface area contributed by atoms with E-state index in [4.69, 9.17) is 4.74 Å². The number of ketones is 1. The number of aromatic nitrogens is 2. The average Bonchev–Trinajstić information content (AvgIpc) is 2.39. The smallest absolute Gasteiger partial charge is 0.163 e. The largest absolute Gasteiger partial charge is 0.368 e. The Morgan fingerprint density at radius 3 is 3.00 bits per heavy atom. The minimum atomic E-state index is -0.0833. The second-order valence-corrected chi connectivity index (χ2v) is 4.94. The van der Waals surface area contributed by atoms with Gasteiger partial charge in [0.05, 0.1) is 17.9 Å². The highest BCUT2D eigenvalue weighted by Crippen LogP contribution is 2.20. The quantitative estimate of drug-likeness (QED) is 0.775. The lowest BCUT2D eigenvalue weighted by atomic mass is 10.1. The summed E-state index contributed by atoms with van der Waals surface area (Å²) in [5.41, 5.74) is 1.32. The summed E-state index contributed by atoms with van der Waals surface area (Å²) in [6, 6.07) is 0. The van der Waals surface area contributed by atoms with Gasteiger partial charge in [-0.3, -0.25) is 9.69 Å². The fraction of sp³-hybridized carbons (Fsp3) is 0.643. The topological polar surface area (TPSA) is 55.3 Å². The molecule has 1 saturated heterocycles. The van der Waals surface area contributed by atoms with Gasteiger partial charge in [-0.2, -0.15) is 0 Å². The predicted octanol–water partition coefficient (Wildman–Crippen LogP) is 1.77. The van der Waals surface area contributed by atoms with Gasteiger partial charge in [-0.25, -0.2) is 9.97 Å². The summed E-state index contributed by atoms with van der Waals surface area (Å²) in [7, 11) is 0. The fourth-order valence-electron chi connectivity index (χ4n) is 2.36. The molecule has 1 unspecified atom stereocenters. The summed E-state index contributed by atoms with van der Waals surface area (Å²) in [5.74, 6) is 0.685. The zero-order valence-corrected chi connectivity index (χ0v) is 11.8.